The number of rotatable bonds is 6. The van der Waals surface area contributed by atoms with Crippen LogP contribution in [0.4, 0.5) is 4.79 Å². The molecule has 0 aliphatic carbocycles. The minimum Gasteiger partial charge on any atom is -0.431 e. The smallest absolute Gasteiger partial charge is 0.431 e. The Hall–Kier alpha value is -2.68. The molecule has 3 heterocycles. The highest BCUT2D eigenvalue weighted by atomic mass is 16.7. The van der Waals surface area contributed by atoms with Crippen LogP contribution in [0.1, 0.15) is 38.8 Å². The number of H-pyrrole nitrogens is 1. The van der Waals surface area contributed by atoms with Gasteiger partial charge in [-0.1, -0.05) is 12.1 Å². The van der Waals surface area contributed by atoms with Gasteiger partial charge in [-0.2, -0.15) is 0 Å². The number of hydrogen-bond donors (Lipinski definition) is 1. The molecule has 0 amide bonds. The first-order chi connectivity index (χ1) is 15.4. The number of aromatic nitrogens is 2. The molecule has 8 nitrogen and oxygen atoms in total. The van der Waals surface area contributed by atoms with Crippen LogP contribution in [0.25, 0.3) is 21.8 Å². The first kappa shape index (κ1) is 22.5. The van der Waals surface area contributed by atoms with Gasteiger partial charge in [0, 0.05) is 43.0 Å². The number of pyridine rings is 1. The summed E-state index contributed by atoms with van der Waals surface area (Å²) in [5, 5.41) is 2.04. The van der Waals surface area contributed by atoms with Gasteiger partial charge in [-0.25, -0.2) is 9.78 Å². The van der Waals surface area contributed by atoms with Gasteiger partial charge in [-0.05, 0) is 39.3 Å². The normalized spacial score (nSPS) is 19.7. The van der Waals surface area contributed by atoms with Crippen LogP contribution in [0.3, 0.4) is 0 Å². The SMILES string of the molecule is COCc1c(OC(=O)OC(C)C)ncc2[nH]c3cccc(CN4CC(C)OC(C)C4)c3c12. The summed E-state index contributed by atoms with van der Waals surface area (Å²) in [6, 6.07) is 6.25. The number of hydrogen-bond acceptors (Lipinski definition) is 7. The number of nitrogens with zero attached hydrogens (tertiary/aromatic N) is 2. The highest BCUT2D eigenvalue weighted by molar-refractivity contribution is 6.11. The molecule has 1 aliphatic rings. The zero-order valence-corrected chi connectivity index (χ0v) is 19.3. The zero-order chi connectivity index (χ0) is 22.8. The quantitative estimate of drug-likeness (QED) is 0.568. The highest BCUT2D eigenvalue weighted by Crippen LogP contribution is 2.35. The van der Waals surface area contributed by atoms with E-state index in [1.54, 1.807) is 27.2 Å². The van der Waals surface area contributed by atoms with Crippen molar-refractivity contribution >= 4 is 28.0 Å². The largest absolute Gasteiger partial charge is 0.515 e. The van der Waals surface area contributed by atoms with Crippen LogP contribution >= 0.6 is 0 Å². The van der Waals surface area contributed by atoms with E-state index in [9.17, 15) is 4.79 Å². The number of carbonyl (C=O) groups excluding carboxylic acids is 1. The molecule has 4 rings (SSSR count). The fraction of sp³-hybridized carbons (Fsp3) is 0.500. The summed E-state index contributed by atoms with van der Waals surface area (Å²) in [7, 11) is 1.61. The molecule has 1 N–H and O–H groups in total. The molecule has 0 saturated carbocycles. The van der Waals surface area contributed by atoms with Gasteiger partial charge in [0.25, 0.3) is 0 Å². The molecule has 0 radical (unpaired) electrons. The van der Waals surface area contributed by atoms with Crippen molar-refractivity contribution in [3.63, 3.8) is 0 Å². The van der Waals surface area contributed by atoms with E-state index in [4.69, 9.17) is 18.9 Å². The summed E-state index contributed by atoms with van der Waals surface area (Å²) < 4.78 is 22.0. The molecule has 0 spiro atoms. The van der Waals surface area contributed by atoms with Crippen molar-refractivity contribution in [1.29, 1.82) is 0 Å². The molecule has 2 unspecified atom stereocenters. The fourth-order valence-electron chi connectivity index (χ4n) is 4.51. The predicted molar refractivity (Wildman–Crippen MR) is 122 cm³/mol. The first-order valence-corrected chi connectivity index (χ1v) is 11.0. The third-order valence-corrected chi connectivity index (χ3v) is 5.50. The van der Waals surface area contributed by atoms with Crippen molar-refractivity contribution < 1.29 is 23.7 Å². The molecule has 2 atom stereocenters. The molecule has 2 aromatic heterocycles. The second-order valence-corrected chi connectivity index (χ2v) is 8.70. The molecule has 8 heteroatoms. The van der Waals surface area contributed by atoms with Gasteiger partial charge >= 0.3 is 6.16 Å². The summed E-state index contributed by atoms with van der Waals surface area (Å²) in [5.74, 6) is 0.203. The van der Waals surface area contributed by atoms with Crippen LogP contribution < -0.4 is 4.74 Å². The van der Waals surface area contributed by atoms with E-state index in [0.29, 0.717) is 5.56 Å². The number of carbonyl (C=O) groups is 1. The average Bonchev–Trinajstić information content (AvgIpc) is 3.08. The molecule has 1 aliphatic heterocycles. The Morgan fingerprint density at radius 2 is 1.97 bits per heavy atom. The van der Waals surface area contributed by atoms with Gasteiger partial charge in [0.2, 0.25) is 5.88 Å². The van der Waals surface area contributed by atoms with Gasteiger partial charge < -0.3 is 23.9 Å². The van der Waals surface area contributed by atoms with E-state index >= 15 is 0 Å². The number of benzene rings is 1. The molecule has 3 aromatic rings. The Morgan fingerprint density at radius 3 is 2.66 bits per heavy atom. The van der Waals surface area contributed by atoms with E-state index in [2.05, 4.69) is 40.8 Å². The monoisotopic (exact) mass is 441 g/mol. The summed E-state index contributed by atoms with van der Waals surface area (Å²) >= 11 is 0. The molecule has 172 valence electrons. The third kappa shape index (κ3) is 4.72. The highest BCUT2D eigenvalue weighted by Gasteiger charge is 2.24. The number of fused-ring (bicyclic) bond motifs is 3. The maximum absolute atomic E-state index is 12.2. The number of aromatic amines is 1. The standard InChI is InChI=1S/C24H31N3O5/c1-14(2)30-24(28)32-23-18(13-29-5)22-20(9-25-23)26-19-8-6-7-17(21(19)22)12-27-10-15(3)31-16(4)11-27/h6-9,14-16,26H,10-13H2,1-5H3. The number of ether oxygens (including phenoxy) is 4. The van der Waals surface area contributed by atoms with Gasteiger partial charge in [-0.15, -0.1) is 0 Å². The lowest BCUT2D eigenvalue weighted by atomic mass is 10.0. The summed E-state index contributed by atoms with van der Waals surface area (Å²) in [6.07, 6.45) is 1.02. The molecule has 32 heavy (non-hydrogen) atoms. The molecule has 1 fully saturated rings. The van der Waals surface area contributed by atoms with Gasteiger partial charge in [0.15, 0.2) is 0 Å². The summed E-state index contributed by atoms with van der Waals surface area (Å²) in [6.45, 7) is 10.6. The topological polar surface area (TPSA) is 85.9 Å². The Kier molecular flexibility index (Phi) is 6.64. The lowest BCUT2D eigenvalue weighted by Gasteiger charge is -2.35. The second-order valence-electron chi connectivity index (χ2n) is 8.70. The number of nitrogens with one attached hydrogen (secondary N) is 1. The van der Waals surface area contributed by atoms with Crippen LogP contribution in [0.15, 0.2) is 24.4 Å². The molecular formula is C24H31N3O5. The van der Waals surface area contributed by atoms with Crippen molar-refractivity contribution in [1.82, 2.24) is 14.9 Å². The van der Waals surface area contributed by atoms with Crippen LogP contribution in [0, 0.1) is 0 Å². The van der Waals surface area contributed by atoms with Crippen molar-refractivity contribution in [2.24, 2.45) is 0 Å². The molecule has 1 saturated heterocycles. The maximum Gasteiger partial charge on any atom is 0.515 e. The minimum absolute atomic E-state index is 0.196. The predicted octanol–water partition coefficient (Wildman–Crippen LogP) is 4.40. The minimum atomic E-state index is -0.777. The van der Waals surface area contributed by atoms with E-state index in [1.807, 2.05) is 6.07 Å². The fourth-order valence-corrected chi connectivity index (χ4v) is 4.51. The molecule has 0 bridgehead atoms. The second kappa shape index (κ2) is 9.44. The summed E-state index contributed by atoms with van der Waals surface area (Å²) in [4.78, 5) is 22.4. The van der Waals surface area contributed by atoms with E-state index in [1.165, 1.54) is 5.56 Å². The Morgan fingerprint density at radius 1 is 1.22 bits per heavy atom. The van der Waals surface area contributed by atoms with Crippen LogP contribution in [-0.2, 0) is 27.4 Å². The van der Waals surface area contributed by atoms with E-state index < -0.39 is 6.16 Å². The van der Waals surface area contributed by atoms with Crippen LogP contribution in [0.5, 0.6) is 5.88 Å². The van der Waals surface area contributed by atoms with Crippen molar-refractivity contribution in [2.45, 2.75) is 59.2 Å². The van der Waals surface area contributed by atoms with Crippen molar-refractivity contribution in [3.05, 3.63) is 35.5 Å². The van der Waals surface area contributed by atoms with E-state index in [-0.39, 0.29) is 30.8 Å². The van der Waals surface area contributed by atoms with Crippen LogP contribution in [0.2, 0.25) is 0 Å². The summed E-state index contributed by atoms with van der Waals surface area (Å²) in [5.41, 5.74) is 3.78. The third-order valence-electron chi connectivity index (χ3n) is 5.50. The van der Waals surface area contributed by atoms with Gasteiger partial charge in [0.1, 0.15) is 0 Å². The Labute approximate surface area is 187 Å². The van der Waals surface area contributed by atoms with Gasteiger partial charge in [0.05, 0.1) is 42.2 Å². The molecule has 1 aromatic carbocycles. The Balaban J connectivity index is 1.79. The van der Waals surface area contributed by atoms with Crippen molar-refractivity contribution in [3.8, 4) is 5.88 Å². The maximum atomic E-state index is 12.2. The zero-order valence-electron chi connectivity index (χ0n) is 19.3. The first-order valence-electron chi connectivity index (χ1n) is 11.0. The van der Waals surface area contributed by atoms with Crippen molar-refractivity contribution in [2.75, 3.05) is 20.2 Å². The molecular weight excluding hydrogens is 410 g/mol. The number of methoxy groups -OCH3 is 1. The lowest BCUT2D eigenvalue weighted by Crippen LogP contribution is -2.44. The van der Waals surface area contributed by atoms with Crippen LogP contribution in [-0.4, -0.2) is 59.5 Å². The van der Waals surface area contributed by atoms with E-state index in [0.717, 1.165) is 41.4 Å². The Bertz CT molecular complexity index is 1100. The van der Waals surface area contributed by atoms with Gasteiger partial charge in [-0.3, -0.25) is 4.90 Å². The number of morpholine rings is 1. The average molecular weight is 442 g/mol. The lowest BCUT2D eigenvalue weighted by molar-refractivity contribution is -0.0703.